The number of fused-ring (bicyclic) bond motifs is 1. The van der Waals surface area contributed by atoms with Gasteiger partial charge in [-0.1, -0.05) is 23.7 Å². The maximum atomic E-state index is 12.0. The lowest BCUT2D eigenvalue weighted by Gasteiger charge is -2.04. The van der Waals surface area contributed by atoms with E-state index >= 15 is 0 Å². The Morgan fingerprint density at radius 3 is 2.86 bits per heavy atom. The molecule has 2 aromatic carbocycles. The molecule has 0 amide bonds. The van der Waals surface area contributed by atoms with E-state index in [0.29, 0.717) is 22.2 Å². The molecule has 6 heteroatoms. The highest BCUT2D eigenvalue weighted by atomic mass is 35.5. The molecule has 106 valence electrons. The van der Waals surface area contributed by atoms with Gasteiger partial charge in [-0.25, -0.2) is 4.98 Å². The number of nitrogen functional groups attached to an aromatic ring is 1. The molecule has 21 heavy (non-hydrogen) atoms. The van der Waals surface area contributed by atoms with Crippen LogP contribution in [-0.2, 0) is 5.75 Å². The Balaban J connectivity index is 1.86. The average Bonchev–Trinajstić information content (AvgIpc) is 2.48. The fourth-order valence-corrected chi connectivity index (χ4v) is 3.02. The summed E-state index contributed by atoms with van der Waals surface area (Å²) in [5.74, 6) is 0.473. The van der Waals surface area contributed by atoms with E-state index in [0.717, 1.165) is 15.9 Å². The van der Waals surface area contributed by atoms with Gasteiger partial charge in [0.2, 0.25) is 0 Å². The smallest absolute Gasteiger partial charge is 0.271 e. The van der Waals surface area contributed by atoms with E-state index in [1.807, 2.05) is 30.3 Å². The van der Waals surface area contributed by atoms with E-state index in [-0.39, 0.29) is 5.56 Å². The van der Waals surface area contributed by atoms with Crippen molar-refractivity contribution in [2.75, 3.05) is 5.73 Å². The first-order valence-corrected chi connectivity index (χ1v) is 7.65. The largest absolute Gasteiger partial charge is 0.398 e. The predicted octanol–water partition coefficient (Wildman–Crippen LogP) is 3.45. The number of hydrogen-bond acceptors (Lipinski definition) is 4. The molecular formula is C15H12ClN3OS. The van der Waals surface area contributed by atoms with E-state index in [2.05, 4.69) is 9.97 Å². The Kier molecular flexibility index (Phi) is 3.86. The molecule has 3 rings (SSSR count). The van der Waals surface area contributed by atoms with Crippen molar-refractivity contribution in [3.05, 3.63) is 63.5 Å². The summed E-state index contributed by atoms with van der Waals surface area (Å²) < 4.78 is 0. The highest BCUT2D eigenvalue weighted by molar-refractivity contribution is 7.98. The van der Waals surface area contributed by atoms with Gasteiger partial charge in [0.05, 0.1) is 21.7 Å². The number of benzene rings is 2. The molecule has 0 bridgehead atoms. The first kappa shape index (κ1) is 14.0. The van der Waals surface area contributed by atoms with Crippen LogP contribution in [0.1, 0.15) is 5.69 Å². The maximum absolute atomic E-state index is 12.0. The van der Waals surface area contributed by atoms with Gasteiger partial charge in [0.15, 0.2) is 0 Å². The maximum Gasteiger partial charge on any atom is 0.271 e. The number of H-pyrrole nitrogens is 1. The summed E-state index contributed by atoms with van der Waals surface area (Å²) in [4.78, 5) is 20.2. The Labute approximate surface area is 130 Å². The highest BCUT2D eigenvalue weighted by Crippen LogP contribution is 2.27. The third-order valence-corrected chi connectivity index (χ3v) is 4.35. The van der Waals surface area contributed by atoms with Crippen molar-refractivity contribution in [3.8, 4) is 0 Å². The van der Waals surface area contributed by atoms with Gasteiger partial charge in [-0.15, -0.1) is 11.8 Å². The van der Waals surface area contributed by atoms with E-state index in [1.165, 1.54) is 11.8 Å². The highest BCUT2D eigenvalue weighted by Gasteiger charge is 2.06. The lowest BCUT2D eigenvalue weighted by atomic mass is 10.3. The second-order valence-electron chi connectivity index (χ2n) is 4.50. The molecule has 0 saturated carbocycles. The molecule has 0 saturated heterocycles. The normalized spacial score (nSPS) is 10.9. The van der Waals surface area contributed by atoms with Crippen molar-refractivity contribution in [1.29, 1.82) is 0 Å². The van der Waals surface area contributed by atoms with Crippen molar-refractivity contribution >= 4 is 40.1 Å². The van der Waals surface area contributed by atoms with Gasteiger partial charge < -0.3 is 10.7 Å². The molecule has 3 aromatic rings. The van der Waals surface area contributed by atoms with E-state index < -0.39 is 0 Å². The minimum Gasteiger partial charge on any atom is -0.398 e. The fraction of sp³-hybridized carbons (Fsp3) is 0.0667. The van der Waals surface area contributed by atoms with Crippen molar-refractivity contribution in [2.45, 2.75) is 10.6 Å². The fourth-order valence-electron chi connectivity index (χ4n) is 1.91. The van der Waals surface area contributed by atoms with Gasteiger partial charge in [0.25, 0.3) is 5.56 Å². The predicted molar refractivity (Wildman–Crippen MR) is 87.8 cm³/mol. The molecule has 0 fully saturated rings. The number of nitrogens with two attached hydrogens (primary N) is 1. The van der Waals surface area contributed by atoms with Gasteiger partial charge in [-0.05, 0) is 30.3 Å². The summed E-state index contributed by atoms with van der Waals surface area (Å²) >= 11 is 7.48. The molecule has 1 aromatic heterocycles. The van der Waals surface area contributed by atoms with Crippen LogP contribution in [-0.4, -0.2) is 9.97 Å². The standard InChI is InChI=1S/C15H12ClN3OS/c16-10-7-9(5-6-11(10)17)21-8-14-15(20)19-13-4-2-1-3-12(13)18-14/h1-7H,8,17H2,(H,19,20). The van der Waals surface area contributed by atoms with Crippen LogP contribution in [0.2, 0.25) is 5.02 Å². The van der Waals surface area contributed by atoms with Crippen LogP contribution in [0.15, 0.2) is 52.2 Å². The molecule has 0 radical (unpaired) electrons. The van der Waals surface area contributed by atoms with Crippen LogP contribution in [0.4, 0.5) is 5.69 Å². The molecule has 0 atom stereocenters. The topological polar surface area (TPSA) is 71.8 Å². The first-order chi connectivity index (χ1) is 10.1. The number of nitrogens with one attached hydrogen (secondary N) is 1. The van der Waals surface area contributed by atoms with Crippen LogP contribution in [0.5, 0.6) is 0 Å². The Bertz CT molecular complexity index is 863. The number of rotatable bonds is 3. The molecule has 0 spiro atoms. The number of aromatic nitrogens is 2. The molecule has 4 nitrogen and oxygen atoms in total. The van der Waals surface area contributed by atoms with Gasteiger partial charge in [-0.3, -0.25) is 4.79 Å². The summed E-state index contributed by atoms with van der Waals surface area (Å²) in [6.07, 6.45) is 0. The van der Waals surface area contributed by atoms with E-state index in [4.69, 9.17) is 17.3 Å². The number of halogens is 1. The molecule has 0 aliphatic carbocycles. The monoisotopic (exact) mass is 317 g/mol. The zero-order chi connectivity index (χ0) is 14.8. The number of thioether (sulfide) groups is 1. The number of nitrogens with zero attached hydrogens (tertiary/aromatic N) is 1. The Morgan fingerprint density at radius 2 is 2.05 bits per heavy atom. The van der Waals surface area contributed by atoms with E-state index in [9.17, 15) is 4.79 Å². The zero-order valence-electron chi connectivity index (χ0n) is 11.0. The summed E-state index contributed by atoms with van der Waals surface area (Å²) in [6, 6.07) is 12.9. The van der Waals surface area contributed by atoms with Crippen molar-refractivity contribution in [2.24, 2.45) is 0 Å². The van der Waals surface area contributed by atoms with Crippen LogP contribution in [0.3, 0.4) is 0 Å². The average molecular weight is 318 g/mol. The first-order valence-electron chi connectivity index (χ1n) is 6.29. The lowest BCUT2D eigenvalue weighted by molar-refractivity contribution is 1.10. The van der Waals surface area contributed by atoms with Gasteiger partial charge in [0, 0.05) is 10.6 Å². The number of para-hydroxylation sites is 2. The van der Waals surface area contributed by atoms with Crippen LogP contribution < -0.4 is 11.3 Å². The summed E-state index contributed by atoms with van der Waals surface area (Å²) in [5.41, 5.74) is 8.07. The van der Waals surface area contributed by atoms with Gasteiger partial charge >= 0.3 is 0 Å². The molecule has 0 unspecified atom stereocenters. The third kappa shape index (κ3) is 3.04. The minimum absolute atomic E-state index is 0.164. The number of anilines is 1. The molecule has 0 aliphatic heterocycles. The van der Waals surface area contributed by atoms with Crippen LogP contribution >= 0.6 is 23.4 Å². The molecule has 3 N–H and O–H groups in total. The number of hydrogen-bond donors (Lipinski definition) is 2. The summed E-state index contributed by atoms with van der Waals surface area (Å²) in [7, 11) is 0. The lowest BCUT2D eigenvalue weighted by Crippen LogP contribution is -2.14. The quantitative estimate of drug-likeness (QED) is 0.573. The molecule has 0 aliphatic rings. The van der Waals surface area contributed by atoms with Gasteiger partial charge in [-0.2, -0.15) is 0 Å². The van der Waals surface area contributed by atoms with Gasteiger partial charge in [0.1, 0.15) is 5.69 Å². The third-order valence-electron chi connectivity index (χ3n) is 3.02. The number of aromatic amines is 1. The van der Waals surface area contributed by atoms with E-state index in [1.54, 1.807) is 12.1 Å². The second-order valence-corrected chi connectivity index (χ2v) is 5.96. The van der Waals surface area contributed by atoms with Crippen molar-refractivity contribution in [3.63, 3.8) is 0 Å². The second kappa shape index (κ2) is 5.79. The van der Waals surface area contributed by atoms with Crippen molar-refractivity contribution < 1.29 is 0 Å². The molecular weight excluding hydrogens is 306 g/mol. The molecule has 1 heterocycles. The zero-order valence-corrected chi connectivity index (χ0v) is 12.5. The minimum atomic E-state index is -0.164. The van der Waals surface area contributed by atoms with Crippen molar-refractivity contribution in [1.82, 2.24) is 9.97 Å². The Morgan fingerprint density at radius 1 is 1.24 bits per heavy atom. The SMILES string of the molecule is Nc1ccc(SCc2nc3ccccc3[nH]c2=O)cc1Cl. The van der Waals surface area contributed by atoms with Crippen LogP contribution in [0.25, 0.3) is 11.0 Å². The Hall–Kier alpha value is -1.98. The van der Waals surface area contributed by atoms with Crippen LogP contribution in [0, 0.1) is 0 Å². The summed E-state index contributed by atoms with van der Waals surface area (Å²) in [5, 5.41) is 0.514. The summed E-state index contributed by atoms with van der Waals surface area (Å²) in [6.45, 7) is 0.